The number of halogens is 2. The van der Waals surface area contributed by atoms with Crippen molar-refractivity contribution in [2.75, 3.05) is 26.2 Å². The summed E-state index contributed by atoms with van der Waals surface area (Å²) in [4.78, 5) is 28.6. The summed E-state index contributed by atoms with van der Waals surface area (Å²) in [7, 11) is 0. The van der Waals surface area contributed by atoms with E-state index < -0.39 is 17.0 Å². The van der Waals surface area contributed by atoms with Crippen LogP contribution in [0.5, 0.6) is 0 Å². The third kappa shape index (κ3) is 3.57. The highest BCUT2D eigenvalue weighted by atomic mass is 19.2. The minimum atomic E-state index is -0.910. The number of nitrogens with zero attached hydrogens (tertiary/aromatic N) is 2. The van der Waals surface area contributed by atoms with Crippen LogP contribution in [0.25, 0.3) is 0 Å². The third-order valence-corrected chi connectivity index (χ3v) is 5.22. The van der Waals surface area contributed by atoms with Crippen LogP contribution in [0.1, 0.15) is 24.8 Å². The molecule has 2 saturated heterocycles. The first kappa shape index (κ1) is 18.4. The Bertz CT molecular complexity index is 725. The van der Waals surface area contributed by atoms with Crippen molar-refractivity contribution in [3.05, 3.63) is 48.1 Å². The predicted molar refractivity (Wildman–Crippen MR) is 93.2 cm³/mol. The number of carbonyl (C=O) groups excluding carboxylic acids is 2. The van der Waals surface area contributed by atoms with Crippen molar-refractivity contribution in [2.24, 2.45) is 5.41 Å². The van der Waals surface area contributed by atoms with Crippen LogP contribution in [-0.2, 0) is 11.3 Å². The molecule has 0 unspecified atom stereocenters. The van der Waals surface area contributed by atoms with E-state index in [1.54, 1.807) is 15.9 Å². The molecule has 0 radical (unpaired) electrons. The zero-order chi connectivity index (χ0) is 18.7. The van der Waals surface area contributed by atoms with Crippen molar-refractivity contribution >= 4 is 11.9 Å². The van der Waals surface area contributed by atoms with Crippen LogP contribution in [0.15, 0.2) is 30.9 Å². The molecule has 3 rings (SSSR count). The Labute approximate surface area is 151 Å². The van der Waals surface area contributed by atoms with E-state index in [-0.39, 0.29) is 18.5 Å². The highest BCUT2D eigenvalue weighted by Gasteiger charge is 2.49. The lowest BCUT2D eigenvalue weighted by molar-refractivity contribution is -0.146. The van der Waals surface area contributed by atoms with E-state index in [2.05, 4.69) is 11.9 Å². The maximum Gasteiger partial charge on any atom is 0.317 e. The van der Waals surface area contributed by atoms with E-state index in [1.165, 1.54) is 6.07 Å². The van der Waals surface area contributed by atoms with Gasteiger partial charge in [0.25, 0.3) is 0 Å². The molecule has 1 N–H and O–H groups in total. The van der Waals surface area contributed by atoms with Crippen LogP contribution in [0, 0.1) is 17.0 Å². The Morgan fingerprint density at radius 3 is 2.81 bits per heavy atom. The molecule has 0 bridgehead atoms. The summed E-state index contributed by atoms with van der Waals surface area (Å²) < 4.78 is 26.5. The number of likely N-dealkylation sites (tertiary alicyclic amines) is 2. The second-order valence-corrected chi connectivity index (χ2v) is 7.01. The van der Waals surface area contributed by atoms with Gasteiger partial charge < -0.3 is 15.1 Å². The molecule has 1 aromatic rings. The van der Waals surface area contributed by atoms with Crippen LogP contribution < -0.4 is 5.32 Å². The van der Waals surface area contributed by atoms with Gasteiger partial charge in [-0.1, -0.05) is 12.1 Å². The quantitative estimate of drug-likeness (QED) is 0.837. The van der Waals surface area contributed by atoms with E-state index in [9.17, 15) is 18.4 Å². The molecule has 2 aliphatic rings. The number of urea groups is 1. The van der Waals surface area contributed by atoms with Gasteiger partial charge in [-0.25, -0.2) is 13.6 Å². The van der Waals surface area contributed by atoms with Crippen molar-refractivity contribution in [1.29, 1.82) is 0 Å². The molecule has 5 nitrogen and oxygen atoms in total. The molecule has 26 heavy (non-hydrogen) atoms. The average molecular weight is 363 g/mol. The number of rotatable bonds is 4. The monoisotopic (exact) mass is 363 g/mol. The second-order valence-electron chi connectivity index (χ2n) is 7.01. The summed E-state index contributed by atoms with van der Waals surface area (Å²) in [5, 5.41) is 2.74. The number of hydrogen-bond donors (Lipinski definition) is 1. The van der Waals surface area contributed by atoms with Crippen molar-refractivity contribution in [3.63, 3.8) is 0 Å². The highest BCUT2D eigenvalue weighted by molar-refractivity contribution is 5.85. The first-order valence-corrected chi connectivity index (χ1v) is 8.82. The van der Waals surface area contributed by atoms with Gasteiger partial charge in [-0.15, -0.1) is 6.58 Å². The standard InChI is InChI=1S/C19H23F2N3O2/c1-2-8-22-18(26)24-10-7-19(13-24)6-3-9-23(17(19)25)12-14-4-5-15(20)16(21)11-14/h2,4-5,11H,1,3,6-10,12-13H2,(H,22,26)/t19-/m1/s1. The molecule has 140 valence electrons. The lowest BCUT2D eigenvalue weighted by Gasteiger charge is -2.39. The first-order chi connectivity index (χ1) is 12.4. The molecule has 0 saturated carbocycles. The summed E-state index contributed by atoms with van der Waals surface area (Å²) in [5.74, 6) is -1.81. The number of amides is 3. The molecule has 0 aromatic heterocycles. The number of piperidine rings is 1. The van der Waals surface area contributed by atoms with Gasteiger partial charge in [0.05, 0.1) is 5.41 Å². The summed E-state index contributed by atoms with van der Waals surface area (Å²) >= 11 is 0. The van der Waals surface area contributed by atoms with Gasteiger partial charge >= 0.3 is 6.03 Å². The fourth-order valence-electron chi connectivity index (χ4n) is 3.86. The molecule has 1 atom stereocenters. The summed E-state index contributed by atoms with van der Waals surface area (Å²) in [6.45, 7) is 5.72. The van der Waals surface area contributed by atoms with E-state index in [0.29, 0.717) is 38.2 Å². The van der Waals surface area contributed by atoms with Crippen molar-refractivity contribution < 1.29 is 18.4 Å². The van der Waals surface area contributed by atoms with E-state index in [0.717, 1.165) is 25.0 Å². The zero-order valence-corrected chi connectivity index (χ0v) is 14.6. The normalized spacial score (nSPS) is 22.8. The first-order valence-electron chi connectivity index (χ1n) is 8.82. The zero-order valence-electron chi connectivity index (χ0n) is 14.6. The van der Waals surface area contributed by atoms with Gasteiger partial charge in [0.1, 0.15) is 0 Å². The Kier molecular flexibility index (Phi) is 5.25. The fourth-order valence-corrected chi connectivity index (χ4v) is 3.86. The molecule has 2 fully saturated rings. The largest absolute Gasteiger partial charge is 0.338 e. The Balaban J connectivity index is 1.68. The SMILES string of the molecule is C=CCNC(=O)N1CC[C@]2(CCCN(Cc3ccc(F)c(F)c3)C2=O)C1. The molecule has 3 amide bonds. The molecule has 1 aromatic carbocycles. The number of benzene rings is 1. The molecule has 2 heterocycles. The number of nitrogens with one attached hydrogen (secondary N) is 1. The smallest absolute Gasteiger partial charge is 0.317 e. The van der Waals surface area contributed by atoms with Crippen LogP contribution in [-0.4, -0.2) is 47.9 Å². The molecule has 1 spiro atoms. The number of carbonyl (C=O) groups is 2. The van der Waals surface area contributed by atoms with E-state index in [4.69, 9.17) is 0 Å². The maximum absolute atomic E-state index is 13.4. The second kappa shape index (κ2) is 7.43. The molecule has 0 aliphatic carbocycles. The van der Waals surface area contributed by atoms with Crippen LogP contribution in [0.2, 0.25) is 0 Å². The maximum atomic E-state index is 13.4. The van der Waals surface area contributed by atoms with Crippen LogP contribution >= 0.6 is 0 Å². The topological polar surface area (TPSA) is 52.7 Å². The Morgan fingerprint density at radius 1 is 1.27 bits per heavy atom. The van der Waals surface area contributed by atoms with E-state index >= 15 is 0 Å². The van der Waals surface area contributed by atoms with Crippen molar-refractivity contribution in [1.82, 2.24) is 15.1 Å². The van der Waals surface area contributed by atoms with Crippen molar-refractivity contribution in [2.45, 2.75) is 25.8 Å². The lowest BCUT2D eigenvalue weighted by Crippen LogP contribution is -2.50. The Morgan fingerprint density at radius 2 is 2.08 bits per heavy atom. The van der Waals surface area contributed by atoms with Gasteiger partial charge in [-0.2, -0.15) is 0 Å². The Hall–Kier alpha value is -2.44. The minimum absolute atomic E-state index is 0.00694. The summed E-state index contributed by atoms with van der Waals surface area (Å²) in [6, 6.07) is 3.52. The lowest BCUT2D eigenvalue weighted by atomic mass is 9.78. The van der Waals surface area contributed by atoms with Gasteiger partial charge in [0.15, 0.2) is 11.6 Å². The summed E-state index contributed by atoms with van der Waals surface area (Å²) in [5.41, 5.74) is -0.00427. The molecular weight excluding hydrogens is 340 g/mol. The minimum Gasteiger partial charge on any atom is -0.338 e. The van der Waals surface area contributed by atoms with Crippen molar-refractivity contribution in [3.8, 4) is 0 Å². The van der Waals surface area contributed by atoms with Crippen LogP contribution in [0.4, 0.5) is 13.6 Å². The van der Waals surface area contributed by atoms with Gasteiger partial charge in [0, 0.05) is 32.7 Å². The van der Waals surface area contributed by atoms with Gasteiger partial charge in [-0.05, 0) is 37.0 Å². The van der Waals surface area contributed by atoms with E-state index in [1.807, 2.05) is 0 Å². The van der Waals surface area contributed by atoms with Gasteiger partial charge in [0.2, 0.25) is 5.91 Å². The molecule has 2 aliphatic heterocycles. The fraction of sp³-hybridized carbons (Fsp3) is 0.474. The molecular formula is C19H23F2N3O2. The number of hydrogen-bond acceptors (Lipinski definition) is 2. The average Bonchev–Trinajstić information content (AvgIpc) is 3.05. The highest BCUT2D eigenvalue weighted by Crippen LogP contribution is 2.40. The molecule has 7 heteroatoms. The van der Waals surface area contributed by atoms with Gasteiger partial charge in [-0.3, -0.25) is 4.79 Å². The summed E-state index contributed by atoms with van der Waals surface area (Å²) in [6.07, 6.45) is 3.81. The predicted octanol–water partition coefficient (Wildman–Crippen LogP) is 2.67. The van der Waals surface area contributed by atoms with Crippen LogP contribution in [0.3, 0.4) is 0 Å². The third-order valence-electron chi connectivity index (χ3n) is 5.22.